The fourth-order valence-corrected chi connectivity index (χ4v) is 1.27. The molecule has 0 bridgehead atoms. The van der Waals surface area contributed by atoms with E-state index in [1.807, 2.05) is 0 Å². The van der Waals surface area contributed by atoms with Crippen LogP contribution in [-0.4, -0.2) is 25.2 Å². The summed E-state index contributed by atoms with van der Waals surface area (Å²) in [6, 6.07) is 0. The Morgan fingerprint density at radius 2 is 2.50 bits per heavy atom. The number of carbonyl (C=O) groups is 1. The van der Waals surface area contributed by atoms with E-state index in [1.165, 1.54) is 12.5 Å². The van der Waals surface area contributed by atoms with Gasteiger partial charge in [-0.15, -0.1) is 0 Å². The Labute approximate surface area is 84.8 Å². The number of amides is 1. The predicted octanol–water partition coefficient (Wildman–Crippen LogP) is 1.41. The zero-order chi connectivity index (χ0) is 10.4. The largest absolute Gasteiger partial charge is 0.372 e. The number of carbonyl (C=O) groups excluding carboxylic acids is 1. The monoisotopic (exact) mass is 195 g/mol. The molecule has 0 saturated carbocycles. The van der Waals surface area contributed by atoms with E-state index in [4.69, 9.17) is 4.74 Å². The molecule has 0 aromatic rings. The van der Waals surface area contributed by atoms with Gasteiger partial charge in [0.15, 0.2) is 0 Å². The van der Waals surface area contributed by atoms with Gasteiger partial charge in [-0.3, -0.25) is 4.79 Å². The number of ether oxygens (including phenoxy) is 1. The molecule has 1 atom stereocenters. The summed E-state index contributed by atoms with van der Waals surface area (Å²) in [6.45, 7) is 4.74. The summed E-state index contributed by atoms with van der Waals surface area (Å²) < 4.78 is 5.54. The molecule has 0 radical (unpaired) electrons. The Morgan fingerprint density at radius 1 is 1.71 bits per heavy atom. The van der Waals surface area contributed by atoms with Crippen molar-refractivity contribution in [1.82, 2.24) is 5.32 Å². The number of hydrogen-bond donors (Lipinski definition) is 1. The van der Waals surface area contributed by atoms with Crippen LogP contribution < -0.4 is 5.32 Å². The first kappa shape index (κ1) is 11.0. The van der Waals surface area contributed by atoms with Crippen LogP contribution in [0.4, 0.5) is 0 Å². The average Bonchev–Trinajstić information content (AvgIpc) is 2.15. The summed E-state index contributed by atoms with van der Waals surface area (Å²) >= 11 is 0. The highest BCUT2D eigenvalue weighted by molar-refractivity contribution is 5.72. The first-order valence-corrected chi connectivity index (χ1v) is 4.89. The second kappa shape index (κ2) is 5.60. The average molecular weight is 195 g/mol. The van der Waals surface area contributed by atoms with Crippen molar-refractivity contribution in [3.8, 4) is 0 Å². The van der Waals surface area contributed by atoms with Gasteiger partial charge >= 0.3 is 0 Å². The maximum absolute atomic E-state index is 10.5. The molecule has 3 heteroatoms. The lowest BCUT2D eigenvalue weighted by Gasteiger charge is -2.15. The van der Waals surface area contributed by atoms with Crippen LogP contribution in [0.1, 0.15) is 20.3 Å². The van der Waals surface area contributed by atoms with Gasteiger partial charge in [0, 0.05) is 13.5 Å². The Bertz CT molecular complexity index is 256. The summed E-state index contributed by atoms with van der Waals surface area (Å²) in [5.41, 5.74) is 1.28. The van der Waals surface area contributed by atoms with Crippen molar-refractivity contribution in [1.29, 1.82) is 0 Å². The van der Waals surface area contributed by atoms with Gasteiger partial charge < -0.3 is 10.1 Å². The number of allylic oxidation sites excluding steroid dienone is 2. The standard InChI is InChI=1S/C11H17NO2/c1-9-3-5-11(6-4-9)14-8-7-12-10(2)13/h3-5,11H,6-8H2,1-2H3,(H,12,13). The van der Waals surface area contributed by atoms with Crippen LogP contribution in [-0.2, 0) is 9.53 Å². The van der Waals surface area contributed by atoms with E-state index >= 15 is 0 Å². The fraction of sp³-hybridized carbons (Fsp3) is 0.545. The summed E-state index contributed by atoms with van der Waals surface area (Å²) in [7, 11) is 0. The lowest BCUT2D eigenvalue weighted by molar-refractivity contribution is -0.119. The van der Waals surface area contributed by atoms with Gasteiger partial charge in [0.1, 0.15) is 0 Å². The van der Waals surface area contributed by atoms with E-state index in [-0.39, 0.29) is 12.0 Å². The van der Waals surface area contributed by atoms with Crippen LogP contribution in [0.25, 0.3) is 0 Å². The second-order valence-electron chi connectivity index (χ2n) is 3.44. The Kier molecular flexibility index (Phi) is 4.40. The number of nitrogens with one attached hydrogen (secondary N) is 1. The van der Waals surface area contributed by atoms with E-state index in [1.54, 1.807) is 0 Å². The molecular weight excluding hydrogens is 178 g/mol. The van der Waals surface area contributed by atoms with Crippen molar-refractivity contribution in [3.05, 3.63) is 23.8 Å². The van der Waals surface area contributed by atoms with Crippen molar-refractivity contribution in [2.24, 2.45) is 0 Å². The first-order valence-electron chi connectivity index (χ1n) is 4.89. The molecule has 0 aromatic carbocycles. The minimum Gasteiger partial charge on any atom is -0.372 e. The van der Waals surface area contributed by atoms with Crippen LogP contribution in [0.2, 0.25) is 0 Å². The van der Waals surface area contributed by atoms with Crippen LogP contribution >= 0.6 is 0 Å². The smallest absolute Gasteiger partial charge is 0.216 e. The van der Waals surface area contributed by atoms with Gasteiger partial charge in [0.05, 0.1) is 12.7 Å². The van der Waals surface area contributed by atoms with Crippen molar-refractivity contribution in [2.75, 3.05) is 13.2 Å². The van der Waals surface area contributed by atoms with Gasteiger partial charge in [-0.25, -0.2) is 0 Å². The lowest BCUT2D eigenvalue weighted by Crippen LogP contribution is -2.26. The van der Waals surface area contributed by atoms with Crippen LogP contribution in [0.3, 0.4) is 0 Å². The molecule has 0 aliphatic heterocycles. The first-order chi connectivity index (χ1) is 6.68. The summed E-state index contributed by atoms with van der Waals surface area (Å²) in [5.74, 6) is -0.0106. The van der Waals surface area contributed by atoms with Crippen LogP contribution in [0, 0.1) is 0 Å². The maximum Gasteiger partial charge on any atom is 0.216 e. The maximum atomic E-state index is 10.5. The second-order valence-corrected chi connectivity index (χ2v) is 3.44. The zero-order valence-corrected chi connectivity index (χ0v) is 8.75. The zero-order valence-electron chi connectivity index (χ0n) is 8.75. The summed E-state index contributed by atoms with van der Waals surface area (Å²) in [4.78, 5) is 10.5. The molecule has 0 saturated heterocycles. The third-order valence-electron chi connectivity index (χ3n) is 2.05. The quantitative estimate of drug-likeness (QED) is 0.689. The molecule has 0 heterocycles. The van der Waals surface area contributed by atoms with E-state index in [2.05, 4.69) is 30.5 Å². The van der Waals surface area contributed by atoms with Gasteiger partial charge in [-0.2, -0.15) is 0 Å². The van der Waals surface area contributed by atoms with Crippen LogP contribution in [0.15, 0.2) is 23.8 Å². The Balaban J connectivity index is 2.09. The molecule has 78 valence electrons. The molecule has 0 aromatic heterocycles. The molecule has 0 spiro atoms. The van der Waals surface area contributed by atoms with E-state index in [0.717, 1.165) is 6.42 Å². The Hall–Kier alpha value is -1.09. The van der Waals surface area contributed by atoms with Crippen molar-refractivity contribution in [3.63, 3.8) is 0 Å². The minimum atomic E-state index is -0.0106. The fourth-order valence-electron chi connectivity index (χ4n) is 1.27. The summed E-state index contributed by atoms with van der Waals surface area (Å²) in [6.07, 6.45) is 7.38. The predicted molar refractivity (Wildman–Crippen MR) is 55.9 cm³/mol. The molecule has 1 rings (SSSR count). The molecule has 14 heavy (non-hydrogen) atoms. The van der Waals surface area contributed by atoms with Gasteiger partial charge in [-0.05, 0) is 13.3 Å². The number of hydrogen-bond acceptors (Lipinski definition) is 2. The van der Waals surface area contributed by atoms with Gasteiger partial charge in [0.25, 0.3) is 0 Å². The molecule has 1 unspecified atom stereocenters. The molecule has 3 nitrogen and oxygen atoms in total. The molecular formula is C11H17NO2. The third-order valence-corrected chi connectivity index (χ3v) is 2.05. The topological polar surface area (TPSA) is 38.3 Å². The normalized spacial score (nSPS) is 20.4. The lowest BCUT2D eigenvalue weighted by atomic mass is 10.1. The molecule has 1 aliphatic carbocycles. The highest BCUT2D eigenvalue weighted by atomic mass is 16.5. The Morgan fingerprint density at radius 3 is 3.07 bits per heavy atom. The van der Waals surface area contributed by atoms with Crippen LogP contribution in [0.5, 0.6) is 0 Å². The highest BCUT2D eigenvalue weighted by Crippen LogP contribution is 2.12. The van der Waals surface area contributed by atoms with Gasteiger partial charge in [0.2, 0.25) is 5.91 Å². The van der Waals surface area contributed by atoms with Gasteiger partial charge in [-0.1, -0.05) is 23.8 Å². The summed E-state index contributed by atoms with van der Waals surface area (Å²) in [5, 5.41) is 2.69. The number of rotatable bonds is 4. The van der Waals surface area contributed by atoms with E-state index < -0.39 is 0 Å². The third kappa shape index (κ3) is 4.23. The molecule has 0 fully saturated rings. The minimum absolute atomic E-state index is 0.0106. The molecule has 1 N–H and O–H groups in total. The van der Waals surface area contributed by atoms with E-state index in [0.29, 0.717) is 13.2 Å². The highest BCUT2D eigenvalue weighted by Gasteiger charge is 2.06. The van der Waals surface area contributed by atoms with Crippen molar-refractivity contribution in [2.45, 2.75) is 26.4 Å². The van der Waals surface area contributed by atoms with Crippen molar-refractivity contribution >= 4 is 5.91 Å². The molecule has 1 aliphatic rings. The van der Waals surface area contributed by atoms with Crippen molar-refractivity contribution < 1.29 is 9.53 Å². The SMILES string of the molecule is CC(=O)NCCOC1C=CC(C)=CC1. The van der Waals surface area contributed by atoms with E-state index in [9.17, 15) is 4.79 Å². The molecule has 1 amide bonds.